The first kappa shape index (κ1) is 16.2. The Morgan fingerprint density at radius 2 is 2.08 bits per heavy atom. The molecule has 0 aliphatic rings. The summed E-state index contributed by atoms with van der Waals surface area (Å²) in [6, 6.07) is 15.1. The number of hydrogen-bond acceptors (Lipinski definition) is 4. The lowest BCUT2D eigenvalue weighted by atomic mass is 10.1. The number of amides is 1. The number of nitrogens with zero attached hydrogens (tertiary/aromatic N) is 1. The second kappa shape index (κ2) is 7.75. The van der Waals surface area contributed by atoms with Gasteiger partial charge in [-0.25, -0.2) is 4.98 Å². The number of ether oxygens (including phenoxy) is 1. The predicted octanol–water partition coefficient (Wildman–Crippen LogP) is 4.54. The van der Waals surface area contributed by atoms with E-state index in [4.69, 9.17) is 4.74 Å². The van der Waals surface area contributed by atoms with Crippen LogP contribution in [0, 0.1) is 0 Å². The van der Waals surface area contributed by atoms with E-state index in [9.17, 15) is 4.79 Å². The summed E-state index contributed by atoms with van der Waals surface area (Å²) < 4.78 is 5.77. The molecule has 24 heavy (non-hydrogen) atoms. The average Bonchev–Trinajstić information content (AvgIpc) is 3.14. The van der Waals surface area contributed by atoms with Gasteiger partial charge in [0.15, 0.2) is 0 Å². The predicted molar refractivity (Wildman–Crippen MR) is 96.7 cm³/mol. The number of carbonyl (C=O) groups is 1. The molecule has 0 bridgehead atoms. The molecular formula is C19H18N2O2S. The topological polar surface area (TPSA) is 51.2 Å². The second-order valence-corrected chi connectivity index (χ2v) is 5.99. The molecule has 1 N–H and O–H groups in total. The van der Waals surface area contributed by atoms with E-state index in [-0.39, 0.29) is 5.91 Å². The minimum absolute atomic E-state index is 0.183. The molecule has 0 aliphatic carbocycles. The van der Waals surface area contributed by atoms with Crippen LogP contribution in [0.25, 0.3) is 0 Å². The van der Waals surface area contributed by atoms with Crippen LogP contribution in [-0.2, 0) is 13.0 Å². The van der Waals surface area contributed by atoms with E-state index >= 15 is 0 Å². The molecule has 0 atom stereocenters. The van der Waals surface area contributed by atoms with Crippen molar-refractivity contribution < 1.29 is 9.53 Å². The molecule has 0 saturated heterocycles. The van der Waals surface area contributed by atoms with Gasteiger partial charge in [0.1, 0.15) is 12.4 Å². The van der Waals surface area contributed by atoms with Crippen molar-refractivity contribution in [3.63, 3.8) is 0 Å². The monoisotopic (exact) mass is 338 g/mol. The fraction of sp³-hybridized carbons (Fsp3) is 0.158. The standard InChI is InChI=1S/C19H18N2O2S/c1-2-14-6-5-7-15(10-14)21-19(22)17-8-3-4-9-18(17)23-11-16-12-24-13-20-16/h3-10,12-13H,2,11H2,1H3,(H,21,22). The number of carbonyl (C=O) groups excluding carboxylic acids is 1. The first-order valence-corrected chi connectivity index (χ1v) is 8.69. The molecule has 122 valence electrons. The molecule has 0 fully saturated rings. The summed E-state index contributed by atoms with van der Waals surface area (Å²) in [5.74, 6) is 0.367. The maximum absolute atomic E-state index is 12.6. The number of aromatic nitrogens is 1. The highest BCUT2D eigenvalue weighted by Gasteiger charge is 2.13. The number of rotatable bonds is 6. The molecule has 4 nitrogen and oxygen atoms in total. The van der Waals surface area contributed by atoms with E-state index in [1.54, 1.807) is 17.6 Å². The summed E-state index contributed by atoms with van der Waals surface area (Å²) >= 11 is 1.52. The van der Waals surface area contributed by atoms with E-state index in [0.717, 1.165) is 17.8 Å². The Labute approximate surface area is 145 Å². The van der Waals surface area contributed by atoms with Gasteiger partial charge in [0.2, 0.25) is 0 Å². The van der Waals surface area contributed by atoms with Gasteiger partial charge in [0.05, 0.1) is 16.8 Å². The molecule has 2 aromatic carbocycles. The first-order valence-electron chi connectivity index (χ1n) is 7.75. The molecule has 1 heterocycles. The van der Waals surface area contributed by atoms with E-state index in [2.05, 4.69) is 17.2 Å². The van der Waals surface area contributed by atoms with Crippen molar-refractivity contribution in [1.29, 1.82) is 0 Å². The number of benzene rings is 2. The van der Waals surface area contributed by atoms with Crippen molar-refractivity contribution in [3.8, 4) is 5.75 Å². The molecule has 0 radical (unpaired) electrons. The van der Waals surface area contributed by atoms with Gasteiger partial charge >= 0.3 is 0 Å². The van der Waals surface area contributed by atoms with Crippen molar-refractivity contribution in [3.05, 3.63) is 76.2 Å². The lowest BCUT2D eigenvalue weighted by Crippen LogP contribution is -2.13. The van der Waals surface area contributed by atoms with Gasteiger partial charge in [0, 0.05) is 11.1 Å². The minimum atomic E-state index is -0.183. The molecule has 3 rings (SSSR count). The van der Waals surface area contributed by atoms with Gasteiger partial charge in [-0.3, -0.25) is 4.79 Å². The van der Waals surface area contributed by atoms with E-state index in [1.165, 1.54) is 16.9 Å². The van der Waals surface area contributed by atoms with Gasteiger partial charge < -0.3 is 10.1 Å². The van der Waals surface area contributed by atoms with Gasteiger partial charge in [-0.15, -0.1) is 11.3 Å². The number of thiazole rings is 1. The van der Waals surface area contributed by atoms with Gasteiger partial charge in [-0.1, -0.05) is 31.2 Å². The van der Waals surface area contributed by atoms with Gasteiger partial charge in [-0.2, -0.15) is 0 Å². The molecule has 0 spiro atoms. The zero-order chi connectivity index (χ0) is 16.8. The summed E-state index contributed by atoms with van der Waals surface area (Å²) in [6.45, 7) is 2.43. The summed E-state index contributed by atoms with van der Waals surface area (Å²) in [5, 5.41) is 4.86. The number of nitrogens with one attached hydrogen (secondary N) is 1. The third-order valence-electron chi connectivity index (χ3n) is 3.58. The van der Waals surface area contributed by atoms with Crippen molar-refractivity contribution >= 4 is 22.9 Å². The number of anilines is 1. The van der Waals surface area contributed by atoms with E-state index < -0.39 is 0 Å². The van der Waals surface area contributed by atoms with Crippen LogP contribution < -0.4 is 10.1 Å². The Kier molecular flexibility index (Phi) is 5.23. The Morgan fingerprint density at radius 3 is 2.88 bits per heavy atom. The van der Waals surface area contributed by atoms with Crippen LogP contribution >= 0.6 is 11.3 Å². The second-order valence-electron chi connectivity index (χ2n) is 5.27. The number of para-hydroxylation sites is 1. The highest BCUT2D eigenvalue weighted by Crippen LogP contribution is 2.21. The molecular weight excluding hydrogens is 320 g/mol. The fourth-order valence-electron chi connectivity index (χ4n) is 2.31. The lowest BCUT2D eigenvalue weighted by Gasteiger charge is -2.11. The summed E-state index contributed by atoms with van der Waals surface area (Å²) in [6.07, 6.45) is 0.928. The molecule has 3 aromatic rings. The van der Waals surface area contributed by atoms with Gasteiger partial charge in [0.25, 0.3) is 5.91 Å². The van der Waals surface area contributed by atoms with Crippen molar-refractivity contribution in [1.82, 2.24) is 4.98 Å². The lowest BCUT2D eigenvalue weighted by molar-refractivity contribution is 0.102. The first-order chi connectivity index (χ1) is 11.8. The summed E-state index contributed by atoms with van der Waals surface area (Å²) in [4.78, 5) is 16.8. The smallest absolute Gasteiger partial charge is 0.259 e. The molecule has 0 aliphatic heterocycles. The minimum Gasteiger partial charge on any atom is -0.486 e. The Balaban J connectivity index is 1.74. The quantitative estimate of drug-likeness (QED) is 0.718. The molecule has 5 heteroatoms. The largest absolute Gasteiger partial charge is 0.486 e. The summed E-state index contributed by atoms with van der Waals surface area (Å²) in [7, 11) is 0. The third kappa shape index (κ3) is 4.00. The van der Waals surface area contributed by atoms with Crippen LogP contribution in [0.4, 0.5) is 5.69 Å². The van der Waals surface area contributed by atoms with Gasteiger partial charge in [-0.05, 0) is 36.2 Å². The Bertz CT molecular complexity index is 816. The fourth-order valence-corrected chi connectivity index (χ4v) is 2.85. The summed E-state index contributed by atoms with van der Waals surface area (Å²) in [5.41, 5.74) is 5.09. The Hall–Kier alpha value is -2.66. The van der Waals surface area contributed by atoms with E-state index in [0.29, 0.717) is 17.9 Å². The maximum atomic E-state index is 12.6. The average molecular weight is 338 g/mol. The van der Waals surface area contributed by atoms with Crippen LogP contribution in [0.3, 0.4) is 0 Å². The van der Waals surface area contributed by atoms with Crippen molar-refractivity contribution in [2.24, 2.45) is 0 Å². The zero-order valence-electron chi connectivity index (χ0n) is 13.4. The van der Waals surface area contributed by atoms with E-state index in [1.807, 2.05) is 41.8 Å². The highest BCUT2D eigenvalue weighted by molar-refractivity contribution is 7.07. The highest BCUT2D eigenvalue weighted by atomic mass is 32.1. The SMILES string of the molecule is CCc1cccc(NC(=O)c2ccccc2OCc2cscn2)c1. The van der Waals surface area contributed by atoms with Crippen LogP contribution in [0.2, 0.25) is 0 Å². The van der Waals surface area contributed by atoms with Crippen LogP contribution in [0.5, 0.6) is 5.75 Å². The normalized spacial score (nSPS) is 10.4. The molecule has 1 aromatic heterocycles. The molecule has 0 saturated carbocycles. The maximum Gasteiger partial charge on any atom is 0.259 e. The molecule has 0 unspecified atom stereocenters. The Morgan fingerprint density at radius 1 is 1.21 bits per heavy atom. The van der Waals surface area contributed by atoms with Crippen LogP contribution in [0.15, 0.2) is 59.4 Å². The van der Waals surface area contributed by atoms with Crippen LogP contribution in [0.1, 0.15) is 28.5 Å². The number of aryl methyl sites for hydroxylation is 1. The molecule has 1 amide bonds. The number of hydrogen-bond donors (Lipinski definition) is 1. The van der Waals surface area contributed by atoms with Crippen molar-refractivity contribution in [2.75, 3.05) is 5.32 Å². The zero-order valence-corrected chi connectivity index (χ0v) is 14.2. The van der Waals surface area contributed by atoms with Crippen molar-refractivity contribution in [2.45, 2.75) is 20.0 Å². The van der Waals surface area contributed by atoms with Crippen LogP contribution in [-0.4, -0.2) is 10.9 Å². The third-order valence-corrected chi connectivity index (χ3v) is 4.22.